The topological polar surface area (TPSA) is 6.48 Å². The summed E-state index contributed by atoms with van der Waals surface area (Å²) in [6.07, 6.45) is 0. The van der Waals surface area contributed by atoms with Crippen LogP contribution in [0.15, 0.2) is 12.1 Å². The number of hydrogen-bond donors (Lipinski definition) is 0. The maximum Gasteiger partial charge on any atom is 3.00 e. The largest absolute Gasteiger partial charge is 3.00 e. The van der Waals surface area contributed by atoms with E-state index in [0.29, 0.717) is 0 Å². The van der Waals surface area contributed by atoms with Gasteiger partial charge in [-0.1, -0.05) is 55.4 Å². The van der Waals surface area contributed by atoms with Gasteiger partial charge in [0.05, 0.1) is 0 Å². The monoisotopic (exact) mass is 524 g/mol. The first-order valence-corrected chi connectivity index (χ1v) is 9.08. The Morgan fingerprint density at radius 2 is 0.567 bits per heavy atom. The summed E-state index contributed by atoms with van der Waals surface area (Å²) in [6.45, 7) is 17.4. The number of nitrogens with zero attached hydrogens (tertiary/aromatic N) is 2. The molecule has 0 aliphatic carbocycles. The van der Waals surface area contributed by atoms with Crippen LogP contribution in [0.4, 0.5) is 0 Å². The fourth-order valence-electron chi connectivity index (χ4n) is 2.27. The van der Waals surface area contributed by atoms with Crippen molar-refractivity contribution in [3.63, 3.8) is 0 Å². The molecule has 0 spiro atoms. The van der Waals surface area contributed by atoms with E-state index in [9.17, 15) is 0 Å². The van der Waals surface area contributed by atoms with Gasteiger partial charge in [-0.25, -0.2) is 0 Å². The molecule has 0 aliphatic rings. The number of hydrogen-bond acceptors (Lipinski definition) is 2. The molecule has 2 aromatic rings. The second-order valence-electron chi connectivity index (χ2n) is 7.68. The Hall–Kier alpha value is 0.629. The average molecular weight is 525 g/mol. The molecule has 2 aromatic carbocycles. The van der Waals surface area contributed by atoms with Crippen molar-refractivity contribution in [1.82, 2.24) is 9.80 Å². The fraction of sp³-hybridized carbons (Fsp3) is 0.500. The van der Waals surface area contributed by atoms with Crippen molar-refractivity contribution in [1.29, 1.82) is 0 Å². The standard InChI is InChI=1S/2C9H13.2C3H8N.2ClH.2Ti/c2*1-6-5-7(2)9(4)8(6)3;2*1-4(2)3;;;;/h2*5H,1-4H3;2*1H2,2-3H3;2*1H;;/q4*-1;;;2*+3/p-2. The Morgan fingerprint density at radius 1 is 0.467 bits per heavy atom. The van der Waals surface area contributed by atoms with E-state index in [0.717, 1.165) is 0 Å². The summed E-state index contributed by atoms with van der Waals surface area (Å²) >= 11 is 0. The van der Waals surface area contributed by atoms with Gasteiger partial charge in [-0.15, -0.1) is 0 Å². The second-order valence-corrected chi connectivity index (χ2v) is 7.68. The van der Waals surface area contributed by atoms with Crippen molar-refractivity contribution in [2.24, 2.45) is 0 Å². The molecule has 0 amide bonds. The van der Waals surface area contributed by atoms with Gasteiger partial charge in [-0.05, 0) is 28.2 Å². The van der Waals surface area contributed by atoms with Crippen molar-refractivity contribution in [2.45, 2.75) is 55.4 Å². The summed E-state index contributed by atoms with van der Waals surface area (Å²) in [7, 11) is 14.5. The predicted octanol–water partition coefficient (Wildman–Crippen LogP) is -0.0395. The molecule has 0 saturated heterocycles. The van der Waals surface area contributed by atoms with E-state index in [1.54, 1.807) is 9.80 Å². The van der Waals surface area contributed by atoms with Gasteiger partial charge >= 0.3 is 43.4 Å². The quantitative estimate of drug-likeness (QED) is 0.352. The predicted molar refractivity (Wildman–Crippen MR) is 120 cm³/mol. The van der Waals surface area contributed by atoms with Crippen LogP contribution in [0.2, 0.25) is 0 Å². The molecule has 0 fully saturated rings. The molecule has 170 valence electrons. The minimum absolute atomic E-state index is 0. The second kappa shape index (κ2) is 22.8. The van der Waals surface area contributed by atoms with Crippen LogP contribution in [-0.4, -0.2) is 38.0 Å². The van der Waals surface area contributed by atoms with E-state index in [1.165, 1.54) is 44.5 Å². The fourth-order valence-corrected chi connectivity index (χ4v) is 2.27. The van der Waals surface area contributed by atoms with Crippen LogP contribution in [0.25, 0.3) is 0 Å². The van der Waals surface area contributed by atoms with Crippen molar-refractivity contribution >= 4 is 0 Å². The van der Waals surface area contributed by atoms with Crippen LogP contribution in [0.5, 0.6) is 0 Å². The van der Waals surface area contributed by atoms with Crippen LogP contribution in [0, 0.1) is 69.5 Å². The summed E-state index contributed by atoms with van der Waals surface area (Å²) in [6, 6.07) is 4.48. The van der Waals surface area contributed by atoms with Crippen molar-refractivity contribution in [3.8, 4) is 0 Å². The Kier molecular flexibility index (Phi) is 33.7. The maximum atomic E-state index is 3.47. The molecule has 2 rings (SSSR count). The molecular formula is C24H42Cl2N2Ti2. The molecule has 0 aliphatic heterocycles. The molecule has 0 bridgehead atoms. The molecule has 2 nitrogen and oxygen atoms in total. The van der Waals surface area contributed by atoms with Gasteiger partial charge in [0.2, 0.25) is 0 Å². The summed E-state index contributed by atoms with van der Waals surface area (Å²) in [5.74, 6) is 0. The Bertz CT molecular complexity index is 539. The minimum Gasteiger partial charge on any atom is -1.00 e. The summed E-state index contributed by atoms with van der Waals surface area (Å²) in [4.78, 5) is 3.50. The molecular weight excluding hydrogens is 483 g/mol. The van der Waals surface area contributed by atoms with Crippen LogP contribution < -0.4 is 24.8 Å². The van der Waals surface area contributed by atoms with Crippen molar-refractivity contribution in [3.05, 3.63) is 70.7 Å². The van der Waals surface area contributed by atoms with Crippen LogP contribution in [0.1, 0.15) is 44.5 Å². The number of rotatable bonds is 0. The molecule has 0 saturated carbocycles. The smallest absolute Gasteiger partial charge is 1.00 e. The molecule has 0 unspecified atom stereocenters. The maximum absolute atomic E-state index is 3.47. The number of halogens is 2. The van der Waals surface area contributed by atoms with E-state index < -0.39 is 0 Å². The Balaban J connectivity index is -0.0000000653. The van der Waals surface area contributed by atoms with Crippen LogP contribution in [-0.2, 0) is 43.4 Å². The zero-order chi connectivity index (χ0) is 21.2. The summed E-state index contributed by atoms with van der Waals surface area (Å²) in [5.41, 5.74) is 11.5. The van der Waals surface area contributed by atoms with Crippen LogP contribution in [0.3, 0.4) is 0 Å². The van der Waals surface area contributed by atoms with Crippen molar-refractivity contribution < 1.29 is 68.2 Å². The molecule has 0 heterocycles. The van der Waals surface area contributed by atoms with E-state index >= 15 is 0 Å². The van der Waals surface area contributed by atoms with Gasteiger partial charge in [0.15, 0.2) is 0 Å². The zero-order valence-electron chi connectivity index (χ0n) is 21.2. The average Bonchev–Trinajstić information content (AvgIpc) is 2.83. The van der Waals surface area contributed by atoms with Gasteiger partial charge in [0, 0.05) is 0 Å². The van der Waals surface area contributed by atoms with Crippen LogP contribution >= 0.6 is 0 Å². The molecule has 0 atom stereocenters. The first-order valence-electron chi connectivity index (χ1n) is 9.08. The normalized spacial score (nSPS) is 8.53. The van der Waals surface area contributed by atoms with Gasteiger partial charge in [0.1, 0.15) is 0 Å². The Morgan fingerprint density at radius 3 is 0.600 bits per heavy atom. The third-order valence-electron chi connectivity index (χ3n) is 4.36. The molecule has 2 radical (unpaired) electrons. The third-order valence-corrected chi connectivity index (χ3v) is 4.36. The number of aryl methyl sites for hydroxylation is 4. The van der Waals surface area contributed by atoms with Gasteiger partial charge in [-0.2, -0.15) is 56.6 Å². The first-order chi connectivity index (χ1) is 11.7. The minimum atomic E-state index is 0. The molecule has 30 heavy (non-hydrogen) atoms. The molecule has 0 N–H and O–H groups in total. The Labute approximate surface area is 230 Å². The van der Waals surface area contributed by atoms with Gasteiger partial charge in [0.25, 0.3) is 0 Å². The van der Waals surface area contributed by atoms with E-state index in [4.69, 9.17) is 0 Å². The van der Waals surface area contributed by atoms with Crippen molar-refractivity contribution in [2.75, 3.05) is 28.2 Å². The zero-order valence-corrected chi connectivity index (χ0v) is 25.9. The summed E-state index contributed by atoms with van der Waals surface area (Å²) < 4.78 is 0. The molecule has 0 aromatic heterocycles. The SMILES string of the molecule is Cc1[cH-]c(C)c(C)c1C.Cc1[cH-]c(C)c(C)c1C.[CH2-]N(C)C.[CH2-]N(C)C.[Cl-].[Cl-].[Ti+3].[Ti+3]. The van der Waals surface area contributed by atoms with E-state index in [1.807, 2.05) is 28.2 Å². The van der Waals surface area contributed by atoms with Gasteiger partial charge < -0.3 is 34.6 Å². The van der Waals surface area contributed by atoms with E-state index in [2.05, 4.69) is 81.6 Å². The molecule has 6 heteroatoms. The third kappa shape index (κ3) is 20.5. The summed E-state index contributed by atoms with van der Waals surface area (Å²) in [5, 5.41) is 0. The first kappa shape index (κ1) is 44.3. The van der Waals surface area contributed by atoms with Gasteiger partial charge in [-0.3, -0.25) is 14.1 Å². The van der Waals surface area contributed by atoms with E-state index in [-0.39, 0.29) is 68.2 Å².